The van der Waals surface area contributed by atoms with Crippen LogP contribution in [-0.2, 0) is 6.54 Å². The Morgan fingerprint density at radius 1 is 1.45 bits per heavy atom. The Morgan fingerprint density at radius 3 is 2.80 bits per heavy atom. The minimum Gasteiger partial charge on any atom is -0.362 e. The molecular formula is C11H13ClN6O2. The second-order valence-electron chi connectivity index (χ2n) is 4.24. The van der Waals surface area contributed by atoms with Gasteiger partial charge in [-0.1, -0.05) is 0 Å². The Labute approximate surface area is 120 Å². The number of hydrogen-bond acceptors (Lipinski definition) is 6. The Kier molecular flexibility index (Phi) is 4.14. The van der Waals surface area contributed by atoms with Gasteiger partial charge in [0.25, 0.3) is 0 Å². The van der Waals surface area contributed by atoms with Gasteiger partial charge in [0, 0.05) is 12.7 Å². The van der Waals surface area contributed by atoms with E-state index in [9.17, 15) is 10.1 Å². The van der Waals surface area contributed by atoms with E-state index in [1.54, 1.807) is 10.9 Å². The summed E-state index contributed by atoms with van der Waals surface area (Å²) in [5.41, 5.74) is 1.12. The van der Waals surface area contributed by atoms with Gasteiger partial charge in [0.2, 0.25) is 11.1 Å². The first-order valence-corrected chi connectivity index (χ1v) is 6.26. The number of nitrogens with one attached hydrogen (secondary N) is 1. The number of rotatable bonds is 5. The van der Waals surface area contributed by atoms with Gasteiger partial charge in [-0.3, -0.25) is 14.8 Å². The highest BCUT2D eigenvalue weighted by Gasteiger charge is 2.21. The number of nitrogens with zero attached hydrogens (tertiary/aromatic N) is 5. The van der Waals surface area contributed by atoms with E-state index in [-0.39, 0.29) is 22.5 Å². The van der Waals surface area contributed by atoms with Crippen molar-refractivity contribution in [1.82, 2.24) is 19.7 Å². The Balaban J connectivity index is 2.10. The number of halogens is 1. The first-order valence-electron chi connectivity index (χ1n) is 5.89. The molecule has 0 spiro atoms. The SMILES string of the molecule is Cc1cnn(CCNc2nc(Cl)nc(C)c2[N+](=O)[O-])c1. The molecule has 2 rings (SSSR count). The summed E-state index contributed by atoms with van der Waals surface area (Å²) in [5.74, 6) is 0.122. The van der Waals surface area contributed by atoms with Crippen molar-refractivity contribution >= 4 is 23.1 Å². The Bertz CT molecular complexity index is 642. The minimum atomic E-state index is -0.522. The zero-order valence-electron chi connectivity index (χ0n) is 11.0. The Hall–Kier alpha value is -2.22. The van der Waals surface area contributed by atoms with Crippen LogP contribution in [0.15, 0.2) is 12.4 Å². The van der Waals surface area contributed by atoms with Gasteiger partial charge in [0.05, 0.1) is 17.7 Å². The fraction of sp³-hybridized carbons (Fsp3) is 0.364. The van der Waals surface area contributed by atoms with Crippen LogP contribution < -0.4 is 5.32 Å². The van der Waals surface area contributed by atoms with E-state index in [1.807, 2.05) is 13.1 Å². The summed E-state index contributed by atoms with van der Waals surface area (Å²) < 4.78 is 1.74. The number of hydrogen-bond donors (Lipinski definition) is 1. The molecule has 2 heterocycles. The zero-order valence-corrected chi connectivity index (χ0v) is 11.8. The topological polar surface area (TPSA) is 98.8 Å². The van der Waals surface area contributed by atoms with Crippen LogP contribution in [0.5, 0.6) is 0 Å². The number of anilines is 1. The smallest absolute Gasteiger partial charge is 0.332 e. The normalized spacial score (nSPS) is 10.6. The van der Waals surface area contributed by atoms with Crippen LogP contribution in [0.3, 0.4) is 0 Å². The summed E-state index contributed by atoms with van der Waals surface area (Å²) in [7, 11) is 0. The lowest BCUT2D eigenvalue weighted by Gasteiger charge is -2.07. The van der Waals surface area contributed by atoms with Gasteiger partial charge in [-0.15, -0.1) is 0 Å². The van der Waals surface area contributed by atoms with Crippen LogP contribution >= 0.6 is 11.6 Å². The van der Waals surface area contributed by atoms with Gasteiger partial charge >= 0.3 is 5.69 Å². The molecule has 0 unspecified atom stereocenters. The molecule has 2 aromatic heterocycles. The third-order valence-corrected chi connectivity index (χ3v) is 2.78. The second-order valence-corrected chi connectivity index (χ2v) is 4.58. The highest BCUT2D eigenvalue weighted by Crippen LogP contribution is 2.26. The van der Waals surface area contributed by atoms with E-state index in [0.717, 1.165) is 5.56 Å². The van der Waals surface area contributed by atoms with Crippen LogP contribution in [-0.4, -0.2) is 31.2 Å². The van der Waals surface area contributed by atoms with Crippen molar-refractivity contribution in [2.75, 3.05) is 11.9 Å². The monoisotopic (exact) mass is 296 g/mol. The highest BCUT2D eigenvalue weighted by molar-refractivity contribution is 6.28. The lowest BCUT2D eigenvalue weighted by atomic mass is 10.3. The third-order valence-electron chi connectivity index (χ3n) is 2.61. The van der Waals surface area contributed by atoms with Crippen LogP contribution in [0, 0.1) is 24.0 Å². The maximum absolute atomic E-state index is 11.0. The molecular weight excluding hydrogens is 284 g/mol. The molecule has 20 heavy (non-hydrogen) atoms. The Morgan fingerprint density at radius 2 is 2.20 bits per heavy atom. The van der Waals surface area contributed by atoms with Gasteiger partial charge in [-0.25, -0.2) is 4.98 Å². The average molecular weight is 297 g/mol. The first-order chi connectivity index (χ1) is 9.47. The quantitative estimate of drug-likeness (QED) is 0.514. The van der Waals surface area contributed by atoms with E-state index in [0.29, 0.717) is 13.1 Å². The summed E-state index contributed by atoms with van der Waals surface area (Å²) in [6.07, 6.45) is 3.63. The van der Waals surface area contributed by atoms with Crippen molar-refractivity contribution in [2.24, 2.45) is 0 Å². The largest absolute Gasteiger partial charge is 0.362 e. The molecule has 0 fully saturated rings. The molecule has 0 radical (unpaired) electrons. The predicted octanol–water partition coefficient (Wildman–Crippen LogP) is 1.96. The fourth-order valence-corrected chi connectivity index (χ4v) is 1.96. The van der Waals surface area contributed by atoms with E-state index >= 15 is 0 Å². The van der Waals surface area contributed by atoms with Gasteiger partial charge in [0.15, 0.2) is 0 Å². The van der Waals surface area contributed by atoms with Crippen molar-refractivity contribution in [1.29, 1.82) is 0 Å². The van der Waals surface area contributed by atoms with Gasteiger partial charge < -0.3 is 5.32 Å². The summed E-state index contributed by atoms with van der Waals surface area (Å²) >= 11 is 5.72. The van der Waals surface area contributed by atoms with E-state index in [4.69, 9.17) is 11.6 Å². The molecule has 0 saturated carbocycles. The third kappa shape index (κ3) is 3.21. The number of aromatic nitrogens is 4. The van der Waals surface area contributed by atoms with Gasteiger partial charge in [-0.05, 0) is 31.0 Å². The molecule has 0 aliphatic carbocycles. The summed E-state index contributed by atoms with van der Waals surface area (Å²) in [5, 5.41) is 18.0. The lowest BCUT2D eigenvalue weighted by molar-refractivity contribution is -0.385. The molecule has 106 valence electrons. The second kappa shape index (κ2) is 5.83. The van der Waals surface area contributed by atoms with Crippen LogP contribution in [0.25, 0.3) is 0 Å². The van der Waals surface area contributed by atoms with Crippen molar-refractivity contribution in [3.05, 3.63) is 39.0 Å². The molecule has 0 saturated heterocycles. The van der Waals surface area contributed by atoms with Crippen molar-refractivity contribution in [3.8, 4) is 0 Å². The van der Waals surface area contributed by atoms with Crippen molar-refractivity contribution in [3.63, 3.8) is 0 Å². The lowest BCUT2D eigenvalue weighted by Crippen LogP contribution is -2.14. The van der Waals surface area contributed by atoms with Crippen LogP contribution in [0.4, 0.5) is 11.5 Å². The molecule has 8 nitrogen and oxygen atoms in total. The van der Waals surface area contributed by atoms with E-state index in [1.165, 1.54) is 6.92 Å². The summed E-state index contributed by atoms with van der Waals surface area (Å²) in [4.78, 5) is 18.1. The molecule has 0 aliphatic rings. The molecule has 0 bridgehead atoms. The molecule has 0 amide bonds. The summed E-state index contributed by atoms with van der Waals surface area (Å²) in [6.45, 7) is 4.46. The maximum Gasteiger partial charge on any atom is 0.332 e. The fourth-order valence-electron chi connectivity index (χ4n) is 1.75. The molecule has 1 N–H and O–H groups in total. The van der Waals surface area contributed by atoms with E-state index < -0.39 is 4.92 Å². The predicted molar refractivity (Wildman–Crippen MR) is 73.9 cm³/mol. The molecule has 0 aliphatic heterocycles. The van der Waals surface area contributed by atoms with Crippen LogP contribution in [0.1, 0.15) is 11.3 Å². The molecule has 9 heteroatoms. The number of aryl methyl sites for hydroxylation is 2. The van der Waals surface area contributed by atoms with E-state index in [2.05, 4.69) is 20.4 Å². The minimum absolute atomic E-state index is 0.0227. The first kappa shape index (κ1) is 14.2. The highest BCUT2D eigenvalue weighted by atomic mass is 35.5. The zero-order chi connectivity index (χ0) is 14.7. The number of nitro groups is 1. The molecule has 0 atom stereocenters. The van der Waals surface area contributed by atoms with Crippen molar-refractivity contribution in [2.45, 2.75) is 20.4 Å². The standard InChI is InChI=1S/C11H13ClN6O2/c1-7-5-14-17(6-7)4-3-13-10-9(18(19)20)8(2)15-11(12)16-10/h5-6H,3-4H2,1-2H3,(H,13,15,16). The summed E-state index contributed by atoms with van der Waals surface area (Å²) in [6, 6.07) is 0. The molecule has 0 aromatic carbocycles. The van der Waals surface area contributed by atoms with Gasteiger partial charge in [-0.2, -0.15) is 10.1 Å². The average Bonchev–Trinajstić information content (AvgIpc) is 2.73. The van der Waals surface area contributed by atoms with Crippen molar-refractivity contribution < 1.29 is 4.92 Å². The van der Waals surface area contributed by atoms with Gasteiger partial charge in [0.1, 0.15) is 5.69 Å². The van der Waals surface area contributed by atoms with Crippen LogP contribution in [0.2, 0.25) is 5.28 Å². The maximum atomic E-state index is 11.0. The molecule has 2 aromatic rings.